The van der Waals surface area contributed by atoms with Crippen molar-refractivity contribution in [1.29, 1.82) is 0 Å². The zero-order valence-corrected chi connectivity index (χ0v) is 12.9. The standard InChI is InChI=1S/C17H24N2O3/c18-12-14-3-1-8-19(14)17(20)7-5-13-4-6-15-16(11-13)22-10-2-9-21-15/h4,6,11,14H,1-3,5,7-10,12,18H2/t14-/m1/s1. The fourth-order valence-corrected chi connectivity index (χ4v) is 3.17. The molecule has 0 radical (unpaired) electrons. The molecule has 5 heteroatoms. The average molecular weight is 304 g/mol. The lowest BCUT2D eigenvalue weighted by Crippen LogP contribution is -2.39. The molecule has 22 heavy (non-hydrogen) atoms. The third-order valence-electron chi connectivity index (χ3n) is 4.41. The number of nitrogens with two attached hydrogens (primary N) is 1. The number of aryl methyl sites for hydroxylation is 1. The Kier molecular flexibility index (Phi) is 4.83. The molecule has 0 aliphatic carbocycles. The molecule has 0 unspecified atom stereocenters. The summed E-state index contributed by atoms with van der Waals surface area (Å²) in [5.41, 5.74) is 6.85. The van der Waals surface area contributed by atoms with Crippen LogP contribution in [0.2, 0.25) is 0 Å². The summed E-state index contributed by atoms with van der Waals surface area (Å²) in [6, 6.07) is 6.19. The van der Waals surface area contributed by atoms with E-state index in [9.17, 15) is 4.79 Å². The number of benzene rings is 1. The maximum absolute atomic E-state index is 12.3. The van der Waals surface area contributed by atoms with Crippen LogP contribution in [0.1, 0.15) is 31.2 Å². The number of likely N-dealkylation sites (tertiary alicyclic amines) is 1. The molecule has 1 atom stereocenters. The van der Waals surface area contributed by atoms with Crippen LogP contribution in [0.5, 0.6) is 11.5 Å². The molecule has 3 rings (SSSR count). The second-order valence-corrected chi connectivity index (χ2v) is 5.95. The molecule has 5 nitrogen and oxygen atoms in total. The second kappa shape index (κ2) is 7.01. The lowest BCUT2D eigenvalue weighted by Gasteiger charge is -2.23. The Balaban J connectivity index is 1.59. The van der Waals surface area contributed by atoms with Gasteiger partial charge in [0.25, 0.3) is 0 Å². The van der Waals surface area contributed by atoms with E-state index in [2.05, 4.69) is 0 Å². The molecule has 1 aromatic rings. The van der Waals surface area contributed by atoms with Crippen molar-refractivity contribution in [2.45, 2.75) is 38.1 Å². The monoisotopic (exact) mass is 304 g/mol. The van der Waals surface area contributed by atoms with E-state index in [1.165, 1.54) is 0 Å². The summed E-state index contributed by atoms with van der Waals surface area (Å²) in [6.07, 6.45) is 4.25. The Morgan fingerprint density at radius 1 is 1.23 bits per heavy atom. The first-order valence-corrected chi connectivity index (χ1v) is 8.16. The molecular weight excluding hydrogens is 280 g/mol. The van der Waals surface area contributed by atoms with Crippen LogP contribution >= 0.6 is 0 Å². The maximum Gasteiger partial charge on any atom is 0.223 e. The van der Waals surface area contributed by atoms with Crippen LogP contribution < -0.4 is 15.2 Å². The van der Waals surface area contributed by atoms with Gasteiger partial charge in [0.05, 0.1) is 13.2 Å². The SMILES string of the molecule is NC[C@H]1CCCN1C(=O)CCc1ccc2c(c1)OCCCO2. The van der Waals surface area contributed by atoms with E-state index in [4.69, 9.17) is 15.2 Å². The van der Waals surface area contributed by atoms with E-state index in [0.29, 0.717) is 26.2 Å². The van der Waals surface area contributed by atoms with E-state index in [1.54, 1.807) is 0 Å². The zero-order chi connectivity index (χ0) is 15.4. The Morgan fingerprint density at radius 3 is 2.86 bits per heavy atom. The minimum atomic E-state index is 0.208. The highest BCUT2D eigenvalue weighted by molar-refractivity contribution is 5.77. The Labute approximate surface area is 131 Å². The molecule has 2 aliphatic rings. The second-order valence-electron chi connectivity index (χ2n) is 5.95. The Morgan fingerprint density at radius 2 is 2.05 bits per heavy atom. The smallest absolute Gasteiger partial charge is 0.223 e. The number of fused-ring (bicyclic) bond motifs is 1. The predicted molar refractivity (Wildman–Crippen MR) is 84.2 cm³/mol. The van der Waals surface area contributed by atoms with Crippen LogP contribution in [0.4, 0.5) is 0 Å². The van der Waals surface area contributed by atoms with Gasteiger partial charge in [-0.05, 0) is 37.0 Å². The molecule has 2 N–H and O–H groups in total. The van der Waals surface area contributed by atoms with Crippen LogP contribution in [-0.4, -0.2) is 43.2 Å². The largest absolute Gasteiger partial charge is 0.490 e. The maximum atomic E-state index is 12.3. The number of ether oxygens (including phenoxy) is 2. The summed E-state index contributed by atoms with van der Waals surface area (Å²) in [6.45, 7) is 2.79. The summed E-state index contributed by atoms with van der Waals surface area (Å²) in [7, 11) is 0. The Bertz CT molecular complexity index is 533. The summed E-state index contributed by atoms with van der Waals surface area (Å²) in [5.74, 6) is 1.80. The highest BCUT2D eigenvalue weighted by Crippen LogP contribution is 2.31. The van der Waals surface area contributed by atoms with Gasteiger partial charge in [0.2, 0.25) is 5.91 Å². The summed E-state index contributed by atoms with van der Waals surface area (Å²) >= 11 is 0. The number of hydrogen-bond donors (Lipinski definition) is 1. The average Bonchev–Trinajstić information content (AvgIpc) is 2.90. The Hall–Kier alpha value is -1.75. The summed E-state index contributed by atoms with van der Waals surface area (Å²) in [5, 5.41) is 0. The fraction of sp³-hybridized carbons (Fsp3) is 0.588. The molecule has 0 aromatic heterocycles. The van der Waals surface area contributed by atoms with Crippen LogP contribution in [-0.2, 0) is 11.2 Å². The van der Waals surface area contributed by atoms with Gasteiger partial charge in [-0.15, -0.1) is 0 Å². The highest BCUT2D eigenvalue weighted by Gasteiger charge is 2.27. The topological polar surface area (TPSA) is 64.8 Å². The number of carbonyl (C=O) groups excluding carboxylic acids is 1. The molecular formula is C17H24N2O3. The van der Waals surface area contributed by atoms with Gasteiger partial charge in [-0.3, -0.25) is 4.79 Å². The number of carbonyl (C=O) groups is 1. The molecule has 0 spiro atoms. The molecule has 1 saturated heterocycles. The van der Waals surface area contributed by atoms with Crippen LogP contribution in [0, 0.1) is 0 Å². The van der Waals surface area contributed by atoms with Gasteiger partial charge < -0.3 is 20.1 Å². The summed E-state index contributed by atoms with van der Waals surface area (Å²) in [4.78, 5) is 14.3. The molecule has 0 bridgehead atoms. The van der Waals surface area contributed by atoms with Gasteiger partial charge in [-0.2, -0.15) is 0 Å². The molecule has 1 aromatic carbocycles. The zero-order valence-electron chi connectivity index (χ0n) is 12.9. The van der Waals surface area contributed by atoms with Crippen LogP contribution in [0.15, 0.2) is 18.2 Å². The van der Waals surface area contributed by atoms with Crippen molar-refractivity contribution in [3.8, 4) is 11.5 Å². The number of hydrogen-bond acceptors (Lipinski definition) is 4. The van der Waals surface area contributed by atoms with Gasteiger partial charge in [0.15, 0.2) is 11.5 Å². The van der Waals surface area contributed by atoms with Crippen molar-refractivity contribution in [3.63, 3.8) is 0 Å². The molecule has 2 heterocycles. The third-order valence-corrected chi connectivity index (χ3v) is 4.41. The van der Waals surface area contributed by atoms with Crippen molar-refractivity contribution in [2.24, 2.45) is 5.73 Å². The molecule has 1 fully saturated rings. The first-order valence-electron chi connectivity index (χ1n) is 8.16. The van der Waals surface area contributed by atoms with Crippen molar-refractivity contribution in [3.05, 3.63) is 23.8 Å². The van der Waals surface area contributed by atoms with Gasteiger partial charge in [-0.1, -0.05) is 6.07 Å². The first-order chi connectivity index (χ1) is 10.8. The molecule has 1 amide bonds. The quantitative estimate of drug-likeness (QED) is 0.920. The van der Waals surface area contributed by atoms with Crippen LogP contribution in [0.3, 0.4) is 0 Å². The van der Waals surface area contributed by atoms with E-state index in [-0.39, 0.29) is 11.9 Å². The van der Waals surface area contributed by atoms with E-state index < -0.39 is 0 Å². The third kappa shape index (κ3) is 3.35. The van der Waals surface area contributed by atoms with Crippen molar-refractivity contribution >= 4 is 5.91 Å². The van der Waals surface area contributed by atoms with Gasteiger partial charge in [-0.25, -0.2) is 0 Å². The van der Waals surface area contributed by atoms with E-state index >= 15 is 0 Å². The van der Waals surface area contributed by atoms with Gasteiger partial charge in [0, 0.05) is 32.0 Å². The minimum Gasteiger partial charge on any atom is -0.490 e. The van der Waals surface area contributed by atoms with Crippen molar-refractivity contribution in [2.75, 3.05) is 26.3 Å². The number of amides is 1. The fourth-order valence-electron chi connectivity index (χ4n) is 3.17. The van der Waals surface area contributed by atoms with Gasteiger partial charge in [0.1, 0.15) is 0 Å². The lowest BCUT2D eigenvalue weighted by molar-refractivity contribution is -0.131. The minimum absolute atomic E-state index is 0.208. The number of rotatable bonds is 4. The number of nitrogens with zero attached hydrogens (tertiary/aromatic N) is 1. The van der Waals surface area contributed by atoms with Gasteiger partial charge >= 0.3 is 0 Å². The summed E-state index contributed by atoms with van der Waals surface area (Å²) < 4.78 is 11.3. The first kappa shape index (κ1) is 15.2. The lowest BCUT2D eigenvalue weighted by atomic mass is 10.1. The predicted octanol–water partition coefficient (Wildman–Crippen LogP) is 1.73. The highest BCUT2D eigenvalue weighted by atomic mass is 16.5. The molecule has 2 aliphatic heterocycles. The van der Waals surface area contributed by atoms with E-state index in [1.807, 2.05) is 23.1 Å². The van der Waals surface area contributed by atoms with E-state index in [0.717, 1.165) is 49.3 Å². The van der Waals surface area contributed by atoms with Crippen LogP contribution in [0.25, 0.3) is 0 Å². The van der Waals surface area contributed by atoms with Crippen molar-refractivity contribution in [1.82, 2.24) is 4.90 Å². The molecule has 120 valence electrons. The van der Waals surface area contributed by atoms with Crippen molar-refractivity contribution < 1.29 is 14.3 Å². The normalized spacial score (nSPS) is 20.8. The molecule has 0 saturated carbocycles.